The first-order valence-electron chi connectivity index (χ1n) is 6.51. The Bertz CT molecular complexity index is 626. The summed E-state index contributed by atoms with van der Waals surface area (Å²) in [6.45, 7) is 6.10. The number of aryl methyl sites for hydroxylation is 2. The van der Waals surface area contributed by atoms with Crippen molar-refractivity contribution < 1.29 is 4.74 Å². The number of hydrogen-bond donors (Lipinski definition) is 1. The van der Waals surface area contributed by atoms with Gasteiger partial charge in [-0.05, 0) is 44.5 Å². The van der Waals surface area contributed by atoms with Gasteiger partial charge in [0.1, 0.15) is 5.75 Å². The first-order valence-corrected chi connectivity index (χ1v) is 7.49. The van der Waals surface area contributed by atoms with E-state index in [0.29, 0.717) is 0 Å². The number of nitrogens with two attached hydrogens (primary N) is 1. The van der Waals surface area contributed by atoms with E-state index >= 15 is 0 Å². The van der Waals surface area contributed by atoms with E-state index in [1.54, 1.807) is 18.9 Å². The van der Waals surface area contributed by atoms with Gasteiger partial charge in [0.15, 0.2) is 0 Å². The third kappa shape index (κ3) is 3.07. The molecule has 0 amide bonds. The lowest BCUT2D eigenvalue weighted by Crippen LogP contribution is -1.98. The molecule has 0 fully saturated rings. The highest BCUT2D eigenvalue weighted by atomic mass is 32.2. The Balaban J connectivity index is 2.16. The van der Waals surface area contributed by atoms with Gasteiger partial charge in [-0.1, -0.05) is 0 Å². The zero-order chi connectivity index (χ0) is 14.7. The molecule has 20 heavy (non-hydrogen) atoms. The van der Waals surface area contributed by atoms with Gasteiger partial charge in [-0.2, -0.15) is 0 Å². The lowest BCUT2D eigenvalue weighted by Gasteiger charge is -2.12. The molecule has 1 heterocycles. The van der Waals surface area contributed by atoms with Gasteiger partial charge >= 0.3 is 0 Å². The average molecular weight is 288 g/mol. The number of rotatable bonds is 4. The molecule has 0 unspecified atom stereocenters. The Morgan fingerprint density at radius 3 is 2.60 bits per heavy atom. The molecule has 0 atom stereocenters. The number of hydrogen-bond acceptors (Lipinski definition) is 4. The summed E-state index contributed by atoms with van der Waals surface area (Å²) in [5, 5.41) is 0. The van der Waals surface area contributed by atoms with Crippen LogP contribution in [0.15, 0.2) is 29.3 Å². The van der Waals surface area contributed by atoms with Gasteiger partial charge in [-0.15, -0.1) is 11.8 Å². The van der Waals surface area contributed by atoms with Gasteiger partial charge in [-0.3, -0.25) is 4.98 Å². The molecule has 0 saturated heterocycles. The van der Waals surface area contributed by atoms with Crippen LogP contribution in [-0.2, 0) is 5.75 Å². The van der Waals surface area contributed by atoms with Crippen LogP contribution < -0.4 is 10.5 Å². The summed E-state index contributed by atoms with van der Waals surface area (Å²) in [7, 11) is 1.70. The van der Waals surface area contributed by atoms with Crippen molar-refractivity contribution in [3.63, 3.8) is 0 Å². The second-order valence-electron chi connectivity index (χ2n) is 4.85. The van der Waals surface area contributed by atoms with Gasteiger partial charge in [0, 0.05) is 33.7 Å². The van der Waals surface area contributed by atoms with Crippen LogP contribution in [0.4, 0.5) is 5.69 Å². The number of aromatic nitrogens is 1. The van der Waals surface area contributed by atoms with Crippen molar-refractivity contribution in [3.8, 4) is 5.75 Å². The Hall–Kier alpha value is -1.68. The molecule has 0 aliphatic heterocycles. The van der Waals surface area contributed by atoms with Crippen LogP contribution >= 0.6 is 11.8 Å². The summed E-state index contributed by atoms with van der Waals surface area (Å²) >= 11 is 1.76. The molecule has 0 saturated carbocycles. The highest BCUT2D eigenvalue weighted by molar-refractivity contribution is 7.98. The molecule has 0 spiro atoms. The number of thioether (sulfide) groups is 1. The molecule has 3 nitrogen and oxygen atoms in total. The van der Waals surface area contributed by atoms with E-state index in [0.717, 1.165) is 39.6 Å². The summed E-state index contributed by atoms with van der Waals surface area (Å²) < 4.78 is 5.44. The summed E-state index contributed by atoms with van der Waals surface area (Å²) in [6.07, 6.45) is 1.87. The molecule has 106 valence electrons. The topological polar surface area (TPSA) is 48.1 Å². The van der Waals surface area contributed by atoms with Crippen molar-refractivity contribution in [1.29, 1.82) is 0 Å². The number of pyridine rings is 1. The van der Waals surface area contributed by atoms with E-state index < -0.39 is 0 Å². The number of ether oxygens (including phenoxy) is 1. The number of methoxy groups -OCH3 is 1. The third-order valence-corrected chi connectivity index (χ3v) is 4.37. The fourth-order valence-electron chi connectivity index (χ4n) is 2.11. The quantitative estimate of drug-likeness (QED) is 0.685. The largest absolute Gasteiger partial charge is 0.496 e. The highest BCUT2D eigenvalue weighted by Gasteiger charge is 2.09. The van der Waals surface area contributed by atoms with E-state index in [4.69, 9.17) is 10.5 Å². The molecule has 1 aromatic carbocycles. The molecule has 2 aromatic rings. The van der Waals surface area contributed by atoms with Crippen LogP contribution in [-0.4, -0.2) is 12.1 Å². The minimum atomic E-state index is 0.825. The van der Waals surface area contributed by atoms with Crippen molar-refractivity contribution in [1.82, 2.24) is 4.98 Å². The van der Waals surface area contributed by atoms with Crippen molar-refractivity contribution >= 4 is 17.4 Å². The molecule has 1 aromatic heterocycles. The minimum absolute atomic E-state index is 0.825. The van der Waals surface area contributed by atoms with Crippen LogP contribution in [0.25, 0.3) is 0 Å². The van der Waals surface area contributed by atoms with Crippen LogP contribution in [0.2, 0.25) is 0 Å². The molecule has 0 aliphatic rings. The SMILES string of the molecule is COc1c(C)cnc(CSc2ccc(N)c(C)c2)c1C. The van der Waals surface area contributed by atoms with Gasteiger partial charge in [-0.25, -0.2) is 0 Å². The molecular weight excluding hydrogens is 268 g/mol. The first-order chi connectivity index (χ1) is 9.52. The lowest BCUT2D eigenvalue weighted by molar-refractivity contribution is 0.407. The third-order valence-electron chi connectivity index (χ3n) is 3.37. The zero-order valence-corrected chi connectivity index (χ0v) is 13.2. The highest BCUT2D eigenvalue weighted by Crippen LogP contribution is 2.30. The molecule has 0 radical (unpaired) electrons. The molecule has 2 rings (SSSR count). The number of nitrogens with zero attached hydrogens (tertiary/aromatic N) is 1. The lowest BCUT2D eigenvalue weighted by atomic mass is 10.1. The summed E-state index contributed by atoms with van der Waals surface area (Å²) in [5.41, 5.74) is 11.0. The minimum Gasteiger partial charge on any atom is -0.496 e. The average Bonchev–Trinajstić information content (AvgIpc) is 2.42. The molecule has 2 N–H and O–H groups in total. The summed E-state index contributed by atoms with van der Waals surface area (Å²) in [4.78, 5) is 5.72. The van der Waals surface area contributed by atoms with Gasteiger partial charge in [0.05, 0.1) is 12.8 Å². The van der Waals surface area contributed by atoms with Crippen LogP contribution in [0.3, 0.4) is 0 Å². The van der Waals surface area contributed by atoms with Crippen molar-refractivity contribution in [2.45, 2.75) is 31.4 Å². The molecule has 4 heteroatoms. The number of benzene rings is 1. The van der Waals surface area contributed by atoms with Gasteiger partial charge in [0.2, 0.25) is 0 Å². The predicted octanol–water partition coefficient (Wildman–Crippen LogP) is 3.89. The van der Waals surface area contributed by atoms with E-state index in [-0.39, 0.29) is 0 Å². The Kier molecular flexibility index (Phi) is 4.55. The molecular formula is C16H20N2OS. The fourth-order valence-corrected chi connectivity index (χ4v) is 3.13. The second kappa shape index (κ2) is 6.18. The van der Waals surface area contributed by atoms with Gasteiger partial charge in [0.25, 0.3) is 0 Å². The Morgan fingerprint density at radius 1 is 1.20 bits per heavy atom. The Morgan fingerprint density at radius 2 is 1.95 bits per heavy atom. The standard InChI is InChI=1S/C16H20N2OS/c1-10-7-13(5-6-14(10)17)20-9-15-12(3)16(19-4)11(2)8-18-15/h5-8H,9,17H2,1-4H3. The van der Waals surface area contributed by atoms with E-state index in [1.165, 1.54) is 4.90 Å². The van der Waals surface area contributed by atoms with Crippen molar-refractivity contribution in [3.05, 3.63) is 46.8 Å². The second-order valence-corrected chi connectivity index (χ2v) is 5.90. The maximum Gasteiger partial charge on any atom is 0.128 e. The van der Waals surface area contributed by atoms with E-state index in [9.17, 15) is 0 Å². The normalized spacial score (nSPS) is 10.6. The fraction of sp³-hybridized carbons (Fsp3) is 0.312. The predicted molar refractivity (Wildman–Crippen MR) is 85.4 cm³/mol. The van der Waals surface area contributed by atoms with E-state index in [1.807, 2.05) is 32.2 Å². The molecule has 0 bridgehead atoms. The smallest absolute Gasteiger partial charge is 0.128 e. The monoisotopic (exact) mass is 288 g/mol. The zero-order valence-electron chi connectivity index (χ0n) is 12.4. The number of anilines is 1. The Labute approximate surface area is 124 Å². The van der Waals surface area contributed by atoms with E-state index in [2.05, 4.69) is 18.0 Å². The number of nitrogen functional groups attached to an aromatic ring is 1. The van der Waals surface area contributed by atoms with Crippen molar-refractivity contribution in [2.75, 3.05) is 12.8 Å². The van der Waals surface area contributed by atoms with Gasteiger partial charge < -0.3 is 10.5 Å². The summed E-state index contributed by atoms with van der Waals surface area (Å²) in [6, 6.07) is 6.11. The van der Waals surface area contributed by atoms with Crippen molar-refractivity contribution in [2.24, 2.45) is 0 Å². The molecule has 0 aliphatic carbocycles. The van der Waals surface area contributed by atoms with Crippen LogP contribution in [0, 0.1) is 20.8 Å². The van der Waals surface area contributed by atoms with Crippen LogP contribution in [0.1, 0.15) is 22.4 Å². The van der Waals surface area contributed by atoms with Crippen LogP contribution in [0.5, 0.6) is 5.75 Å². The maximum atomic E-state index is 5.84. The maximum absolute atomic E-state index is 5.84. The summed E-state index contributed by atoms with van der Waals surface area (Å²) in [5.74, 6) is 1.76. The first kappa shape index (κ1) is 14.7.